The first kappa shape index (κ1) is 20.6. The van der Waals surface area contributed by atoms with Crippen LogP contribution in [-0.4, -0.2) is 19.0 Å². The van der Waals surface area contributed by atoms with Crippen LogP contribution in [0, 0.1) is 11.8 Å². The van der Waals surface area contributed by atoms with Gasteiger partial charge < -0.3 is 4.74 Å². The van der Waals surface area contributed by atoms with E-state index >= 15 is 0 Å². The van der Waals surface area contributed by atoms with Crippen molar-refractivity contribution in [3.63, 3.8) is 0 Å². The van der Waals surface area contributed by atoms with Crippen LogP contribution in [-0.2, 0) is 9.53 Å². The number of carbonyl (C=O) groups is 1. The van der Waals surface area contributed by atoms with E-state index in [4.69, 9.17) is 0 Å². The van der Waals surface area contributed by atoms with E-state index in [0.29, 0.717) is 6.42 Å². The van der Waals surface area contributed by atoms with Crippen LogP contribution in [0.5, 0.6) is 0 Å². The maximum atomic E-state index is 11.8. The molecule has 0 aliphatic carbocycles. The molecule has 0 aromatic heterocycles. The van der Waals surface area contributed by atoms with E-state index in [-0.39, 0.29) is 6.61 Å². The van der Waals surface area contributed by atoms with Gasteiger partial charge in [-0.2, -0.15) is 8.78 Å². The molecule has 0 amide bonds. The van der Waals surface area contributed by atoms with Gasteiger partial charge in [-0.15, -0.1) is 0 Å². The maximum absolute atomic E-state index is 11.8. The first-order valence-corrected chi connectivity index (χ1v) is 8.26. The summed E-state index contributed by atoms with van der Waals surface area (Å²) < 4.78 is 28.0. The van der Waals surface area contributed by atoms with Crippen molar-refractivity contribution in [2.75, 3.05) is 6.61 Å². The van der Waals surface area contributed by atoms with Crippen molar-refractivity contribution < 1.29 is 18.3 Å². The molecule has 0 aromatic carbocycles. The van der Waals surface area contributed by atoms with Crippen LogP contribution >= 0.6 is 0 Å². The second-order valence-electron chi connectivity index (χ2n) is 5.18. The Morgan fingerprint density at radius 3 is 2.23 bits per heavy atom. The Kier molecular flexibility index (Phi) is 15.0. The molecule has 0 atom stereocenters. The minimum atomic E-state index is -3.01. The molecule has 0 spiro atoms. The molecule has 0 aromatic rings. The molecule has 22 heavy (non-hydrogen) atoms. The third-order valence-corrected chi connectivity index (χ3v) is 3.16. The summed E-state index contributed by atoms with van der Waals surface area (Å²) in [4.78, 5) is 10.5. The van der Waals surface area contributed by atoms with Crippen molar-refractivity contribution in [1.29, 1.82) is 0 Å². The molecule has 0 radical (unpaired) electrons. The van der Waals surface area contributed by atoms with Gasteiger partial charge >= 0.3 is 12.4 Å². The molecular formula is C18H28F2O2. The Hall–Kier alpha value is -1.37. The topological polar surface area (TPSA) is 26.3 Å². The van der Waals surface area contributed by atoms with Crippen LogP contribution in [0.3, 0.4) is 0 Å². The monoisotopic (exact) mass is 314 g/mol. The van der Waals surface area contributed by atoms with Crippen molar-refractivity contribution in [2.24, 2.45) is 0 Å². The van der Waals surface area contributed by atoms with E-state index in [1.165, 1.54) is 19.3 Å². The third-order valence-electron chi connectivity index (χ3n) is 3.16. The smallest absolute Gasteiger partial charge is 0.373 e. The van der Waals surface area contributed by atoms with Gasteiger partial charge in [-0.3, -0.25) is 0 Å². The molecule has 0 aliphatic rings. The fourth-order valence-electron chi connectivity index (χ4n) is 1.92. The largest absolute Gasteiger partial charge is 0.461 e. The number of allylic oxidation sites excluding steroid dienone is 2. The number of ether oxygens (including phenoxy) is 1. The van der Waals surface area contributed by atoms with Gasteiger partial charge in [-0.1, -0.05) is 63.4 Å². The minimum Gasteiger partial charge on any atom is -0.461 e. The van der Waals surface area contributed by atoms with Crippen LogP contribution in [0.15, 0.2) is 12.2 Å². The molecule has 0 aliphatic heterocycles. The summed E-state index contributed by atoms with van der Waals surface area (Å²) >= 11 is 0. The van der Waals surface area contributed by atoms with Crippen LogP contribution in [0.1, 0.15) is 71.1 Å². The lowest BCUT2D eigenvalue weighted by atomic mass is 10.1. The molecule has 0 fully saturated rings. The van der Waals surface area contributed by atoms with Gasteiger partial charge in [0.05, 0.1) is 6.61 Å². The summed E-state index contributed by atoms with van der Waals surface area (Å²) in [5, 5.41) is 0. The average Bonchev–Trinajstić information content (AvgIpc) is 2.50. The zero-order valence-electron chi connectivity index (χ0n) is 13.6. The standard InChI is InChI=1S/C18H28F2O2/c1-2-3-4-5-6-7-8-9-10-11-12-13-14-15-16-22-18(21)17(19)20/h3-4,17H,2,7-16H2,1H3/b4-3-. The number of unbranched alkanes of at least 4 members (excludes halogenated alkanes) is 8. The molecule has 0 heterocycles. The molecule has 0 saturated heterocycles. The summed E-state index contributed by atoms with van der Waals surface area (Å²) in [7, 11) is 0. The van der Waals surface area contributed by atoms with Crippen LogP contribution in [0.4, 0.5) is 8.78 Å². The SMILES string of the molecule is CC/C=C\C#CCCCCCCCCCCOC(=O)C(F)F. The summed E-state index contributed by atoms with van der Waals surface area (Å²) in [6, 6.07) is 0. The maximum Gasteiger partial charge on any atom is 0.373 e. The van der Waals surface area contributed by atoms with Crippen molar-refractivity contribution in [3.8, 4) is 11.8 Å². The van der Waals surface area contributed by atoms with E-state index < -0.39 is 12.4 Å². The number of rotatable bonds is 12. The second-order valence-corrected chi connectivity index (χ2v) is 5.18. The predicted octanol–water partition coefficient (Wildman–Crippen LogP) is 5.28. The molecule has 0 N–H and O–H groups in total. The average molecular weight is 314 g/mol. The number of alkyl halides is 2. The third kappa shape index (κ3) is 15.0. The Labute approximate surface area is 133 Å². The molecular weight excluding hydrogens is 286 g/mol. The number of esters is 1. The van der Waals surface area contributed by atoms with E-state index in [1.807, 2.05) is 6.08 Å². The summed E-state index contributed by atoms with van der Waals surface area (Å²) in [6.45, 7) is 2.20. The second kappa shape index (κ2) is 16.0. The van der Waals surface area contributed by atoms with E-state index in [0.717, 1.165) is 38.5 Å². The molecule has 0 rings (SSSR count). The van der Waals surface area contributed by atoms with Crippen LogP contribution < -0.4 is 0 Å². The quantitative estimate of drug-likeness (QED) is 0.278. The zero-order chi connectivity index (χ0) is 16.5. The first-order chi connectivity index (χ1) is 10.7. The molecule has 0 unspecified atom stereocenters. The van der Waals surface area contributed by atoms with Gasteiger partial charge in [0.25, 0.3) is 0 Å². The van der Waals surface area contributed by atoms with Gasteiger partial charge in [0.15, 0.2) is 0 Å². The molecule has 0 saturated carbocycles. The molecule has 4 heteroatoms. The summed E-state index contributed by atoms with van der Waals surface area (Å²) in [5.74, 6) is 4.74. The predicted molar refractivity (Wildman–Crippen MR) is 85.7 cm³/mol. The van der Waals surface area contributed by atoms with Crippen molar-refractivity contribution in [2.45, 2.75) is 77.6 Å². The van der Waals surface area contributed by atoms with Gasteiger partial charge in [0, 0.05) is 6.42 Å². The van der Waals surface area contributed by atoms with Crippen LogP contribution in [0.25, 0.3) is 0 Å². The van der Waals surface area contributed by atoms with E-state index in [1.54, 1.807) is 0 Å². The fourth-order valence-corrected chi connectivity index (χ4v) is 1.92. The lowest BCUT2D eigenvalue weighted by molar-refractivity contribution is -0.156. The fraction of sp³-hybridized carbons (Fsp3) is 0.722. The Balaban J connectivity index is 3.19. The van der Waals surface area contributed by atoms with Crippen molar-refractivity contribution >= 4 is 5.97 Å². The molecule has 2 nitrogen and oxygen atoms in total. The normalized spacial score (nSPS) is 10.7. The summed E-state index contributed by atoms with van der Waals surface area (Å²) in [6.07, 6.45) is 11.5. The molecule has 0 bridgehead atoms. The number of hydrogen-bond acceptors (Lipinski definition) is 2. The highest BCUT2D eigenvalue weighted by Gasteiger charge is 2.15. The Morgan fingerprint density at radius 1 is 1.05 bits per heavy atom. The number of halogens is 2. The van der Waals surface area contributed by atoms with Crippen LogP contribution in [0.2, 0.25) is 0 Å². The van der Waals surface area contributed by atoms with E-state index in [9.17, 15) is 13.6 Å². The lowest BCUT2D eigenvalue weighted by Crippen LogP contribution is -2.14. The molecule has 126 valence electrons. The lowest BCUT2D eigenvalue weighted by Gasteiger charge is -2.04. The Bertz CT molecular complexity index is 354. The Morgan fingerprint density at radius 2 is 1.64 bits per heavy atom. The summed E-state index contributed by atoms with van der Waals surface area (Å²) in [5.41, 5.74) is 0. The first-order valence-electron chi connectivity index (χ1n) is 8.26. The van der Waals surface area contributed by atoms with E-state index in [2.05, 4.69) is 29.6 Å². The minimum absolute atomic E-state index is 0.105. The van der Waals surface area contributed by atoms with Gasteiger partial charge in [0.1, 0.15) is 0 Å². The van der Waals surface area contributed by atoms with Gasteiger partial charge in [0.2, 0.25) is 0 Å². The number of hydrogen-bond donors (Lipinski definition) is 0. The van der Waals surface area contributed by atoms with Gasteiger partial charge in [-0.05, 0) is 25.3 Å². The number of carbonyl (C=O) groups excluding carboxylic acids is 1. The van der Waals surface area contributed by atoms with Crippen molar-refractivity contribution in [1.82, 2.24) is 0 Å². The zero-order valence-corrected chi connectivity index (χ0v) is 13.6. The highest BCUT2D eigenvalue weighted by Crippen LogP contribution is 2.09. The van der Waals surface area contributed by atoms with Gasteiger partial charge in [-0.25, -0.2) is 4.79 Å². The highest BCUT2D eigenvalue weighted by atomic mass is 19.3. The van der Waals surface area contributed by atoms with Crippen molar-refractivity contribution in [3.05, 3.63) is 12.2 Å². The highest BCUT2D eigenvalue weighted by molar-refractivity contribution is 5.72.